The Balaban J connectivity index is 1.27. The number of amides is 4. The smallest absolute Gasteiger partial charge is 0.324 e. The Kier molecular flexibility index (Phi) is 6.25. The number of hydrogen-bond donors (Lipinski definition) is 3. The maximum atomic E-state index is 13.3. The number of carbonyl (C=O) groups excluding carboxylic acids is 3. The molecule has 3 N–H and O–H groups in total. The molecule has 2 aromatic carbocycles. The third-order valence-electron chi connectivity index (χ3n) is 6.78. The molecule has 2 aromatic rings. The number of nitrogens with zero attached hydrogens (tertiary/aromatic N) is 2. The first kappa shape index (κ1) is 24.0. The molecule has 2 aliphatic heterocycles. The van der Waals surface area contributed by atoms with Gasteiger partial charge in [0.25, 0.3) is 15.9 Å². The van der Waals surface area contributed by atoms with Gasteiger partial charge in [-0.25, -0.2) is 13.2 Å². The van der Waals surface area contributed by atoms with Crippen molar-refractivity contribution in [2.75, 3.05) is 18.4 Å². The maximum absolute atomic E-state index is 13.3. The van der Waals surface area contributed by atoms with Crippen molar-refractivity contribution in [3.8, 4) is 0 Å². The SMILES string of the molecule is O=C(CN1C(=O)N[C@]2(CCc3ccccc32)C1=O)Nc1cccc(S(=O)(=O)NC2=NCCCCC2)c1. The highest BCUT2D eigenvalue weighted by Crippen LogP contribution is 2.41. The fourth-order valence-corrected chi connectivity index (χ4v) is 6.12. The van der Waals surface area contributed by atoms with Gasteiger partial charge in [0.15, 0.2) is 0 Å². The van der Waals surface area contributed by atoms with Crippen molar-refractivity contribution in [1.29, 1.82) is 0 Å². The first-order chi connectivity index (χ1) is 17.3. The molecule has 4 amide bonds. The van der Waals surface area contributed by atoms with E-state index in [9.17, 15) is 22.8 Å². The Morgan fingerprint density at radius 2 is 1.89 bits per heavy atom. The van der Waals surface area contributed by atoms with Crippen molar-refractivity contribution < 1.29 is 22.8 Å². The van der Waals surface area contributed by atoms with Gasteiger partial charge in [0, 0.05) is 18.7 Å². The molecule has 1 fully saturated rings. The zero-order chi connectivity index (χ0) is 25.3. The molecule has 1 aliphatic carbocycles. The summed E-state index contributed by atoms with van der Waals surface area (Å²) in [7, 11) is -3.88. The Morgan fingerprint density at radius 1 is 1.06 bits per heavy atom. The minimum Gasteiger partial charge on any atom is -0.324 e. The summed E-state index contributed by atoms with van der Waals surface area (Å²) >= 11 is 0. The molecule has 11 heteroatoms. The van der Waals surface area contributed by atoms with Gasteiger partial charge in [0.05, 0.1) is 4.90 Å². The summed E-state index contributed by atoms with van der Waals surface area (Å²) in [4.78, 5) is 43.9. The molecule has 1 spiro atoms. The fourth-order valence-electron chi connectivity index (χ4n) is 4.99. The third-order valence-corrected chi connectivity index (χ3v) is 8.16. The Hall–Kier alpha value is -3.73. The van der Waals surface area contributed by atoms with Crippen LogP contribution in [-0.4, -0.2) is 50.1 Å². The molecule has 3 aliphatic rings. The number of amidine groups is 1. The van der Waals surface area contributed by atoms with Crippen LogP contribution in [0.5, 0.6) is 0 Å². The lowest BCUT2D eigenvalue weighted by atomic mass is 9.92. The van der Waals surface area contributed by atoms with E-state index >= 15 is 0 Å². The molecule has 188 valence electrons. The monoisotopic (exact) mass is 509 g/mol. The molecule has 0 radical (unpaired) electrons. The van der Waals surface area contributed by atoms with E-state index in [0.29, 0.717) is 31.6 Å². The van der Waals surface area contributed by atoms with Gasteiger partial charge < -0.3 is 10.6 Å². The summed E-state index contributed by atoms with van der Waals surface area (Å²) in [5.74, 6) is -0.641. The number of fused-ring (bicyclic) bond motifs is 2. The van der Waals surface area contributed by atoms with Crippen molar-refractivity contribution in [3.63, 3.8) is 0 Å². The Bertz CT molecular complexity index is 1370. The second-order valence-electron chi connectivity index (χ2n) is 9.20. The van der Waals surface area contributed by atoms with Crippen molar-refractivity contribution in [3.05, 3.63) is 59.7 Å². The van der Waals surface area contributed by atoms with Gasteiger partial charge in [-0.1, -0.05) is 36.8 Å². The first-order valence-corrected chi connectivity index (χ1v) is 13.5. The molecule has 5 rings (SSSR count). The fraction of sp³-hybridized carbons (Fsp3) is 0.360. The summed E-state index contributed by atoms with van der Waals surface area (Å²) in [5.41, 5.74) is 0.849. The average Bonchev–Trinajstić information content (AvgIpc) is 3.19. The van der Waals surface area contributed by atoms with Crippen LogP contribution < -0.4 is 15.4 Å². The van der Waals surface area contributed by atoms with Crippen LogP contribution in [0.4, 0.5) is 10.5 Å². The van der Waals surface area contributed by atoms with Crippen molar-refractivity contribution in [2.24, 2.45) is 4.99 Å². The van der Waals surface area contributed by atoms with Gasteiger partial charge in [-0.2, -0.15) is 0 Å². The Morgan fingerprint density at radius 3 is 2.75 bits per heavy atom. The van der Waals surface area contributed by atoms with E-state index in [2.05, 4.69) is 20.3 Å². The zero-order valence-corrected chi connectivity index (χ0v) is 20.4. The van der Waals surface area contributed by atoms with E-state index in [1.807, 2.05) is 24.3 Å². The molecule has 1 atom stereocenters. The normalized spacial score (nSPS) is 21.6. The molecule has 2 heterocycles. The van der Waals surface area contributed by atoms with E-state index < -0.39 is 40.0 Å². The van der Waals surface area contributed by atoms with Crippen LogP contribution >= 0.6 is 0 Å². The second-order valence-corrected chi connectivity index (χ2v) is 10.9. The topological polar surface area (TPSA) is 137 Å². The van der Waals surface area contributed by atoms with Crippen LogP contribution in [0.1, 0.15) is 43.2 Å². The number of hydrogen-bond acceptors (Lipinski definition) is 6. The van der Waals surface area contributed by atoms with Gasteiger partial charge in [-0.05, 0) is 55.0 Å². The van der Waals surface area contributed by atoms with Gasteiger partial charge in [-0.15, -0.1) is 0 Å². The lowest BCUT2D eigenvalue weighted by molar-refractivity contribution is -0.134. The number of carbonyl (C=O) groups is 3. The van der Waals surface area contributed by atoms with Gasteiger partial charge in [0.1, 0.15) is 17.9 Å². The number of sulfonamides is 1. The quantitative estimate of drug-likeness (QED) is 0.531. The van der Waals surface area contributed by atoms with Gasteiger partial charge >= 0.3 is 6.03 Å². The highest BCUT2D eigenvalue weighted by molar-refractivity contribution is 7.90. The van der Waals surface area contributed by atoms with E-state index in [-0.39, 0.29) is 10.6 Å². The molecule has 0 saturated carbocycles. The van der Waals surface area contributed by atoms with E-state index in [0.717, 1.165) is 35.3 Å². The minimum atomic E-state index is -3.88. The summed E-state index contributed by atoms with van der Waals surface area (Å²) in [6.07, 6.45) is 4.46. The van der Waals surface area contributed by atoms with Crippen LogP contribution in [0, 0.1) is 0 Å². The molecule has 0 unspecified atom stereocenters. The average molecular weight is 510 g/mol. The second kappa shape index (κ2) is 9.38. The predicted molar refractivity (Wildman–Crippen MR) is 133 cm³/mol. The van der Waals surface area contributed by atoms with Crippen LogP contribution in [-0.2, 0) is 31.6 Å². The minimum absolute atomic E-state index is 0.0243. The standard InChI is InChI=1S/C25H27N5O5S/c31-22(16-30-23(32)25(28-24(30)33)13-12-17-7-3-4-10-20(17)25)27-18-8-6-9-19(15-18)36(34,35)29-21-11-2-1-5-14-26-21/h3-4,6-10,15H,1-2,5,11-14,16H2,(H,26,29)(H,27,31)(H,28,33)/t25-/m0/s1. The molecular weight excluding hydrogens is 482 g/mol. The summed E-state index contributed by atoms with van der Waals surface area (Å²) in [6, 6.07) is 12.6. The third kappa shape index (κ3) is 4.46. The lowest BCUT2D eigenvalue weighted by Gasteiger charge is -2.22. The molecule has 1 saturated heterocycles. The van der Waals surface area contributed by atoms with Crippen molar-refractivity contribution >= 4 is 39.4 Å². The van der Waals surface area contributed by atoms with E-state index in [1.54, 1.807) is 6.07 Å². The number of benzene rings is 2. The molecule has 10 nitrogen and oxygen atoms in total. The predicted octanol–water partition coefficient (Wildman–Crippen LogP) is 2.27. The number of urea groups is 1. The van der Waals surface area contributed by atoms with E-state index in [1.165, 1.54) is 18.2 Å². The number of aliphatic imine (C=N–C) groups is 1. The van der Waals surface area contributed by atoms with E-state index in [4.69, 9.17) is 0 Å². The summed E-state index contributed by atoms with van der Waals surface area (Å²) in [5, 5.41) is 5.38. The van der Waals surface area contributed by atoms with Gasteiger partial charge in [-0.3, -0.25) is 24.2 Å². The van der Waals surface area contributed by atoms with Crippen molar-refractivity contribution in [1.82, 2.24) is 14.9 Å². The number of nitrogens with one attached hydrogen (secondary N) is 3. The summed E-state index contributed by atoms with van der Waals surface area (Å²) in [6.45, 7) is 0.101. The van der Waals surface area contributed by atoms with Crippen LogP contribution in [0.15, 0.2) is 58.4 Å². The molecular formula is C25H27N5O5S. The van der Waals surface area contributed by atoms with Crippen molar-refractivity contribution in [2.45, 2.75) is 49.0 Å². The highest BCUT2D eigenvalue weighted by Gasteiger charge is 2.55. The van der Waals surface area contributed by atoms with Gasteiger partial charge in [0.2, 0.25) is 5.91 Å². The number of aryl methyl sites for hydroxylation is 1. The first-order valence-electron chi connectivity index (χ1n) is 12.0. The maximum Gasteiger partial charge on any atom is 0.325 e. The zero-order valence-electron chi connectivity index (χ0n) is 19.6. The molecule has 0 aromatic heterocycles. The number of imide groups is 1. The molecule has 0 bridgehead atoms. The largest absolute Gasteiger partial charge is 0.325 e. The van der Waals surface area contributed by atoms with Crippen LogP contribution in [0.2, 0.25) is 0 Å². The highest BCUT2D eigenvalue weighted by atomic mass is 32.2. The van der Waals surface area contributed by atoms with Crippen LogP contribution in [0.25, 0.3) is 0 Å². The summed E-state index contributed by atoms with van der Waals surface area (Å²) < 4.78 is 28.2. The lowest BCUT2D eigenvalue weighted by Crippen LogP contribution is -2.43. The Labute approximate surface area is 209 Å². The number of anilines is 1. The molecule has 36 heavy (non-hydrogen) atoms. The van der Waals surface area contributed by atoms with Crippen LogP contribution in [0.3, 0.4) is 0 Å². The number of rotatable bonds is 5.